The highest BCUT2D eigenvalue weighted by molar-refractivity contribution is 5.81. The standard InChI is InChI=1S/C13H16N2O3/c1-18-13(17)12-4-2-3-7-15(12)11-5-6-14-10(8-11)9-16/h5-6,8-9,12H,2-4,7H2,1H3. The zero-order chi connectivity index (χ0) is 13.0. The lowest BCUT2D eigenvalue weighted by Crippen LogP contribution is -2.45. The van der Waals surface area contributed by atoms with E-state index in [0.717, 1.165) is 31.5 Å². The Bertz CT molecular complexity index is 448. The molecule has 0 N–H and O–H groups in total. The molecule has 5 heteroatoms. The van der Waals surface area contributed by atoms with Crippen LogP contribution in [0.3, 0.4) is 0 Å². The number of anilines is 1. The number of aldehydes is 1. The van der Waals surface area contributed by atoms with Gasteiger partial charge in [-0.3, -0.25) is 9.78 Å². The van der Waals surface area contributed by atoms with E-state index in [1.165, 1.54) is 7.11 Å². The molecule has 0 aliphatic carbocycles. The Labute approximate surface area is 106 Å². The molecule has 1 aromatic heterocycles. The first kappa shape index (κ1) is 12.5. The van der Waals surface area contributed by atoms with Crippen molar-refractivity contribution in [2.75, 3.05) is 18.6 Å². The van der Waals surface area contributed by atoms with Gasteiger partial charge in [0.1, 0.15) is 11.7 Å². The maximum atomic E-state index is 11.8. The number of carbonyl (C=O) groups excluding carboxylic acids is 2. The van der Waals surface area contributed by atoms with Gasteiger partial charge in [0.2, 0.25) is 0 Å². The molecule has 0 spiro atoms. The topological polar surface area (TPSA) is 59.5 Å². The summed E-state index contributed by atoms with van der Waals surface area (Å²) in [5, 5.41) is 0. The summed E-state index contributed by atoms with van der Waals surface area (Å²) in [6, 6.07) is 3.26. The summed E-state index contributed by atoms with van der Waals surface area (Å²) in [5.74, 6) is -0.223. The van der Waals surface area contributed by atoms with E-state index in [9.17, 15) is 9.59 Å². The van der Waals surface area contributed by atoms with Gasteiger partial charge in [0.15, 0.2) is 6.29 Å². The zero-order valence-electron chi connectivity index (χ0n) is 10.3. The van der Waals surface area contributed by atoms with Gasteiger partial charge >= 0.3 is 5.97 Å². The summed E-state index contributed by atoms with van der Waals surface area (Å²) in [6.45, 7) is 0.794. The molecule has 1 fully saturated rings. The first-order valence-electron chi connectivity index (χ1n) is 6.02. The predicted molar refractivity (Wildman–Crippen MR) is 66.6 cm³/mol. The number of hydrogen-bond donors (Lipinski definition) is 0. The van der Waals surface area contributed by atoms with Crippen molar-refractivity contribution in [3.05, 3.63) is 24.0 Å². The van der Waals surface area contributed by atoms with E-state index in [0.29, 0.717) is 12.0 Å². The highest BCUT2D eigenvalue weighted by Gasteiger charge is 2.29. The molecule has 2 heterocycles. The summed E-state index contributed by atoms with van der Waals surface area (Å²) in [7, 11) is 1.40. The van der Waals surface area contributed by atoms with E-state index in [1.807, 2.05) is 11.0 Å². The van der Waals surface area contributed by atoms with Crippen molar-refractivity contribution in [2.24, 2.45) is 0 Å². The number of piperidine rings is 1. The van der Waals surface area contributed by atoms with E-state index in [4.69, 9.17) is 4.74 Å². The average Bonchev–Trinajstić information content (AvgIpc) is 2.46. The summed E-state index contributed by atoms with van der Waals surface area (Å²) < 4.78 is 4.83. The number of aromatic nitrogens is 1. The van der Waals surface area contributed by atoms with Gasteiger partial charge in [0, 0.05) is 18.4 Å². The quantitative estimate of drug-likeness (QED) is 0.598. The third-order valence-electron chi connectivity index (χ3n) is 3.19. The van der Waals surface area contributed by atoms with Crippen molar-refractivity contribution in [1.29, 1.82) is 0 Å². The lowest BCUT2D eigenvalue weighted by atomic mass is 10.0. The van der Waals surface area contributed by atoms with Crippen LogP contribution in [-0.2, 0) is 9.53 Å². The number of ether oxygens (including phenoxy) is 1. The first-order valence-corrected chi connectivity index (χ1v) is 6.02. The van der Waals surface area contributed by atoms with Crippen LogP contribution in [-0.4, -0.2) is 36.9 Å². The van der Waals surface area contributed by atoms with Crippen LogP contribution in [0, 0.1) is 0 Å². The van der Waals surface area contributed by atoms with Crippen molar-refractivity contribution < 1.29 is 14.3 Å². The van der Waals surface area contributed by atoms with Crippen molar-refractivity contribution in [2.45, 2.75) is 25.3 Å². The third kappa shape index (κ3) is 2.50. The molecule has 2 rings (SSSR count). The second kappa shape index (κ2) is 5.62. The molecule has 96 valence electrons. The Morgan fingerprint density at radius 3 is 3.11 bits per heavy atom. The maximum Gasteiger partial charge on any atom is 0.328 e. The smallest absolute Gasteiger partial charge is 0.328 e. The number of nitrogens with zero attached hydrogens (tertiary/aromatic N) is 2. The minimum atomic E-state index is -0.259. The summed E-state index contributed by atoms with van der Waals surface area (Å²) in [4.78, 5) is 28.4. The number of carbonyl (C=O) groups is 2. The van der Waals surface area contributed by atoms with Crippen LogP contribution in [0.15, 0.2) is 18.3 Å². The number of methoxy groups -OCH3 is 1. The largest absolute Gasteiger partial charge is 0.467 e. The van der Waals surface area contributed by atoms with Gasteiger partial charge in [0.25, 0.3) is 0 Å². The normalized spacial score (nSPS) is 19.4. The van der Waals surface area contributed by atoms with Crippen LogP contribution >= 0.6 is 0 Å². The second-order valence-electron chi connectivity index (χ2n) is 4.28. The monoisotopic (exact) mass is 248 g/mol. The molecular weight excluding hydrogens is 232 g/mol. The maximum absolute atomic E-state index is 11.8. The molecule has 1 aromatic rings. The lowest BCUT2D eigenvalue weighted by Gasteiger charge is -2.35. The molecule has 0 amide bonds. The van der Waals surface area contributed by atoms with Crippen LogP contribution in [0.2, 0.25) is 0 Å². The Kier molecular flexibility index (Phi) is 3.92. The highest BCUT2D eigenvalue weighted by Crippen LogP contribution is 2.25. The molecule has 18 heavy (non-hydrogen) atoms. The molecule has 0 radical (unpaired) electrons. The van der Waals surface area contributed by atoms with Gasteiger partial charge in [-0.25, -0.2) is 4.79 Å². The zero-order valence-corrected chi connectivity index (χ0v) is 10.3. The van der Waals surface area contributed by atoms with Crippen LogP contribution in [0.1, 0.15) is 29.8 Å². The molecule has 5 nitrogen and oxygen atoms in total. The van der Waals surface area contributed by atoms with E-state index in [-0.39, 0.29) is 12.0 Å². The number of hydrogen-bond acceptors (Lipinski definition) is 5. The SMILES string of the molecule is COC(=O)C1CCCCN1c1ccnc(C=O)c1. The van der Waals surface area contributed by atoms with Crippen molar-refractivity contribution in [3.8, 4) is 0 Å². The van der Waals surface area contributed by atoms with Gasteiger partial charge in [-0.1, -0.05) is 0 Å². The number of pyridine rings is 1. The first-order chi connectivity index (χ1) is 8.76. The fraction of sp³-hybridized carbons (Fsp3) is 0.462. The summed E-state index contributed by atoms with van der Waals surface area (Å²) in [6.07, 6.45) is 5.13. The predicted octanol–water partition coefficient (Wildman–Crippen LogP) is 1.43. The van der Waals surface area contributed by atoms with Crippen LogP contribution in [0.5, 0.6) is 0 Å². The fourth-order valence-corrected chi connectivity index (χ4v) is 2.30. The fourth-order valence-electron chi connectivity index (χ4n) is 2.30. The highest BCUT2D eigenvalue weighted by atomic mass is 16.5. The minimum absolute atomic E-state index is 0.223. The Hall–Kier alpha value is -1.91. The van der Waals surface area contributed by atoms with E-state index >= 15 is 0 Å². The van der Waals surface area contributed by atoms with Gasteiger partial charge in [-0.2, -0.15) is 0 Å². The number of esters is 1. The molecule has 1 aliphatic heterocycles. The second-order valence-corrected chi connectivity index (χ2v) is 4.28. The van der Waals surface area contributed by atoms with Gasteiger partial charge in [-0.05, 0) is 31.4 Å². The summed E-state index contributed by atoms with van der Waals surface area (Å²) >= 11 is 0. The van der Waals surface area contributed by atoms with Crippen LogP contribution in [0.25, 0.3) is 0 Å². The van der Waals surface area contributed by atoms with Crippen LogP contribution in [0.4, 0.5) is 5.69 Å². The van der Waals surface area contributed by atoms with Gasteiger partial charge in [-0.15, -0.1) is 0 Å². The van der Waals surface area contributed by atoms with Gasteiger partial charge < -0.3 is 9.64 Å². The van der Waals surface area contributed by atoms with Crippen LogP contribution < -0.4 is 4.90 Å². The summed E-state index contributed by atoms with van der Waals surface area (Å²) in [5.41, 5.74) is 1.23. The molecule has 1 aliphatic rings. The Morgan fingerprint density at radius 1 is 1.56 bits per heavy atom. The average molecular weight is 248 g/mol. The Balaban J connectivity index is 2.27. The van der Waals surface area contributed by atoms with E-state index in [2.05, 4.69) is 4.98 Å². The molecule has 0 bridgehead atoms. The molecule has 1 atom stereocenters. The molecule has 1 saturated heterocycles. The lowest BCUT2D eigenvalue weighted by molar-refractivity contribution is -0.142. The molecule has 1 unspecified atom stereocenters. The van der Waals surface area contributed by atoms with Gasteiger partial charge in [0.05, 0.1) is 7.11 Å². The third-order valence-corrected chi connectivity index (χ3v) is 3.19. The minimum Gasteiger partial charge on any atom is -0.467 e. The molecule has 0 aromatic carbocycles. The Morgan fingerprint density at radius 2 is 2.39 bits per heavy atom. The van der Waals surface area contributed by atoms with Crippen molar-refractivity contribution >= 4 is 17.9 Å². The molecule has 0 saturated carbocycles. The van der Waals surface area contributed by atoms with Crippen molar-refractivity contribution in [3.63, 3.8) is 0 Å². The molecular formula is C13H16N2O3. The van der Waals surface area contributed by atoms with Crippen molar-refractivity contribution in [1.82, 2.24) is 4.98 Å². The number of rotatable bonds is 3. The van der Waals surface area contributed by atoms with E-state index in [1.54, 1.807) is 12.3 Å². The van der Waals surface area contributed by atoms with E-state index < -0.39 is 0 Å².